The first-order valence-corrected chi connectivity index (χ1v) is 8.21. The van der Waals surface area contributed by atoms with Gasteiger partial charge in [-0.15, -0.1) is 0 Å². The van der Waals surface area contributed by atoms with Crippen molar-refractivity contribution in [2.24, 2.45) is 0 Å². The molecule has 0 atom stereocenters. The summed E-state index contributed by atoms with van der Waals surface area (Å²) in [5, 5.41) is 4.52. The summed E-state index contributed by atoms with van der Waals surface area (Å²) in [6.45, 7) is -0.224. The highest BCUT2D eigenvalue weighted by atomic mass is 16.5. The van der Waals surface area contributed by atoms with Gasteiger partial charge in [-0.3, -0.25) is 15.0 Å². The van der Waals surface area contributed by atoms with E-state index < -0.39 is 11.5 Å². The van der Waals surface area contributed by atoms with Crippen molar-refractivity contribution in [2.45, 2.75) is 0 Å². The summed E-state index contributed by atoms with van der Waals surface area (Å²) in [5.74, 6) is 0.0928. The Balaban J connectivity index is 1.54. The van der Waals surface area contributed by atoms with Crippen LogP contribution < -0.4 is 15.7 Å². The van der Waals surface area contributed by atoms with Gasteiger partial charge >= 0.3 is 0 Å². The van der Waals surface area contributed by atoms with Crippen LogP contribution in [0.15, 0.2) is 78.0 Å². The van der Waals surface area contributed by atoms with Crippen LogP contribution in [0.5, 0.6) is 5.75 Å². The molecule has 2 aromatic heterocycles. The van der Waals surface area contributed by atoms with E-state index in [1.807, 2.05) is 36.4 Å². The molecule has 0 bridgehead atoms. The van der Waals surface area contributed by atoms with Crippen molar-refractivity contribution < 1.29 is 9.53 Å². The van der Waals surface area contributed by atoms with Crippen LogP contribution in [0.3, 0.4) is 0 Å². The molecule has 2 heterocycles. The summed E-state index contributed by atoms with van der Waals surface area (Å²) < 4.78 is 7.96. The summed E-state index contributed by atoms with van der Waals surface area (Å²) in [5.41, 5.74) is 3.24. The SMILES string of the molecule is O=C(COc1ccccc1)Nn1cnc2c(cnn2-c2ccccc2)c1=O. The third-order valence-electron chi connectivity index (χ3n) is 3.85. The van der Waals surface area contributed by atoms with Crippen LogP contribution >= 0.6 is 0 Å². The number of hydrogen-bond acceptors (Lipinski definition) is 5. The van der Waals surface area contributed by atoms with Crippen LogP contribution in [-0.2, 0) is 4.79 Å². The van der Waals surface area contributed by atoms with Crippen molar-refractivity contribution in [3.63, 3.8) is 0 Å². The lowest BCUT2D eigenvalue weighted by molar-refractivity contribution is -0.119. The molecule has 0 aliphatic rings. The number of aromatic nitrogens is 4. The topological polar surface area (TPSA) is 91.0 Å². The van der Waals surface area contributed by atoms with Gasteiger partial charge in [0.05, 0.1) is 11.9 Å². The Morgan fingerprint density at radius 2 is 1.74 bits per heavy atom. The number of carbonyl (C=O) groups excluding carboxylic acids is 1. The Kier molecular flexibility index (Phi) is 4.36. The Bertz CT molecular complexity index is 1140. The molecule has 1 amide bonds. The average Bonchev–Trinajstić information content (AvgIpc) is 3.15. The van der Waals surface area contributed by atoms with E-state index in [9.17, 15) is 9.59 Å². The maximum Gasteiger partial charge on any atom is 0.283 e. The van der Waals surface area contributed by atoms with E-state index in [-0.39, 0.29) is 6.61 Å². The zero-order chi connectivity index (χ0) is 18.6. The van der Waals surface area contributed by atoms with Gasteiger partial charge in [0.1, 0.15) is 17.5 Å². The molecule has 0 saturated heterocycles. The fourth-order valence-corrected chi connectivity index (χ4v) is 2.58. The summed E-state index contributed by atoms with van der Waals surface area (Å²) in [6.07, 6.45) is 2.69. The highest BCUT2D eigenvalue weighted by Crippen LogP contribution is 2.12. The van der Waals surface area contributed by atoms with Gasteiger partial charge in [0, 0.05) is 0 Å². The fraction of sp³-hybridized carbons (Fsp3) is 0.0526. The summed E-state index contributed by atoms with van der Waals surface area (Å²) in [4.78, 5) is 28.9. The molecule has 27 heavy (non-hydrogen) atoms. The van der Waals surface area contributed by atoms with E-state index in [0.717, 1.165) is 10.4 Å². The molecule has 134 valence electrons. The number of carbonyl (C=O) groups is 1. The summed E-state index contributed by atoms with van der Waals surface area (Å²) in [6, 6.07) is 18.3. The third-order valence-corrected chi connectivity index (χ3v) is 3.85. The molecule has 8 nitrogen and oxygen atoms in total. The van der Waals surface area contributed by atoms with E-state index in [0.29, 0.717) is 16.8 Å². The largest absolute Gasteiger partial charge is 0.484 e. The number of amides is 1. The van der Waals surface area contributed by atoms with Crippen LogP contribution in [0.25, 0.3) is 16.7 Å². The Hall–Kier alpha value is -3.94. The first kappa shape index (κ1) is 16.5. The minimum atomic E-state index is -0.474. The van der Waals surface area contributed by atoms with Gasteiger partial charge in [-0.1, -0.05) is 36.4 Å². The lowest BCUT2D eigenvalue weighted by atomic mass is 10.3. The lowest BCUT2D eigenvalue weighted by Gasteiger charge is -2.09. The number of benzene rings is 2. The van der Waals surface area contributed by atoms with Crippen molar-refractivity contribution in [3.8, 4) is 11.4 Å². The Labute approximate surface area is 153 Å². The van der Waals surface area contributed by atoms with Crippen molar-refractivity contribution in [3.05, 3.63) is 83.5 Å². The molecule has 2 aromatic carbocycles. The molecule has 0 aliphatic heterocycles. The number of nitrogens with zero attached hydrogens (tertiary/aromatic N) is 4. The number of hydrogen-bond donors (Lipinski definition) is 1. The monoisotopic (exact) mass is 361 g/mol. The van der Waals surface area contributed by atoms with Gasteiger partial charge < -0.3 is 4.74 Å². The number of para-hydroxylation sites is 2. The number of ether oxygens (including phenoxy) is 1. The van der Waals surface area contributed by atoms with Crippen LogP contribution in [0, 0.1) is 0 Å². The zero-order valence-electron chi connectivity index (χ0n) is 14.1. The summed E-state index contributed by atoms with van der Waals surface area (Å²) in [7, 11) is 0. The molecule has 1 N–H and O–H groups in total. The van der Waals surface area contributed by atoms with E-state index in [4.69, 9.17) is 4.74 Å². The Morgan fingerprint density at radius 1 is 1.04 bits per heavy atom. The van der Waals surface area contributed by atoms with Gasteiger partial charge in [0.15, 0.2) is 12.3 Å². The number of rotatable bonds is 5. The minimum absolute atomic E-state index is 0.224. The predicted molar refractivity (Wildman–Crippen MR) is 99.4 cm³/mol. The molecule has 0 fully saturated rings. The number of nitrogens with one attached hydrogen (secondary N) is 1. The minimum Gasteiger partial charge on any atom is -0.484 e. The van der Waals surface area contributed by atoms with Crippen LogP contribution in [0.1, 0.15) is 0 Å². The van der Waals surface area contributed by atoms with Crippen molar-refractivity contribution in [1.29, 1.82) is 0 Å². The fourth-order valence-electron chi connectivity index (χ4n) is 2.58. The molecule has 4 rings (SSSR count). The highest BCUT2D eigenvalue weighted by Gasteiger charge is 2.13. The maximum absolute atomic E-state index is 12.6. The van der Waals surface area contributed by atoms with E-state index >= 15 is 0 Å². The van der Waals surface area contributed by atoms with Gasteiger partial charge in [-0.2, -0.15) is 5.10 Å². The molecular formula is C19H15N5O3. The molecule has 8 heteroatoms. The van der Waals surface area contributed by atoms with Crippen LogP contribution in [-0.4, -0.2) is 32.0 Å². The first-order chi connectivity index (χ1) is 13.2. The van der Waals surface area contributed by atoms with Gasteiger partial charge in [-0.25, -0.2) is 14.3 Å². The van der Waals surface area contributed by atoms with E-state index in [2.05, 4.69) is 15.5 Å². The standard InChI is InChI=1S/C19H15N5O3/c25-17(12-27-15-9-5-2-6-10-15)22-23-13-20-18-16(19(23)26)11-21-24(18)14-7-3-1-4-8-14/h1-11,13H,12H2,(H,22,25). The predicted octanol–water partition coefficient (Wildman–Crippen LogP) is 1.73. The molecule has 0 spiro atoms. The normalized spacial score (nSPS) is 10.7. The van der Waals surface area contributed by atoms with E-state index in [1.54, 1.807) is 28.9 Å². The molecule has 4 aromatic rings. The smallest absolute Gasteiger partial charge is 0.283 e. The zero-order valence-corrected chi connectivity index (χ0v) is 14.1. The maximum atomic E-state index is 12.6. The van der Waals surface area contributed by atoms with Gasteiger partial charge in [0.25, 0.3) is 11.5 Å². The second kappa shape index (κ2) is 7.12. The van der Waals surface area contributed by atoms with Crippen molar-refractivity contribution in [1.82, 2.24) is 19.4 Å². The molecule has 0 radical (unpaired) electrons. The van der Waals surface area contributed by atoms with Crippen LogP contribution in [0.4, 0.5) is 0 Å². The summed E-state index contributed by atoms with van der Waals surface area (Å²) >= 11 is 0. The van der Waals surface area contributed by atoms with Gasteiger partial charge in [-0.05, 0) is 24.3 Å². The van der Waals surface area contributed by atoms with Crippen LogP contribution in [0.2, 0.25) is 0 Å². The second-order valence-corrected chi connectivity index (χ2v) is 5.69. The lowest BCUT2D eigenvalue weighted by Crippen LogP contribution is -2.35. The van der Waals surface area contributed by atoms with Crippen molar-refractivity contribution >= 4 is 16.9 Å². The molecule has 0 saturated carbocycles. The third kappa shape index (κ3) is 3.40. The number of fused-ring (bicyclic) bond motifs is 1. The van der Waals surface area contributed by atoms with Crippen molar-refractivity contribution in [2.75, 3.05) is 12.0 Å². The molecule has 0 aliphatic carbocycles. The van der Waals surface area contributed by atoms with E-state index in [1.165, 1.54) is 12.5 Å². The quantitative estimate of drug-likeness (QED) is 0.585. The first-order valence-electron chi connectivity index (χ1n) is 8.21. The highest BCUT2D eigenvalue weighted by molar-refractivity contribution is 5.85. The average molecular weight is 361 g/mol. The molecular weight excluding hydrogens is 346 g/mol. The molecule has 0 unspecified atom stereocenters. The second-order valence-electron chi connectivity index (χ2n) is 5.69. The van der Waals surface area contributed by atoms with Gasteiger partial charge in [0.2, 0.25) is 0 Å². The Morgan fingerprint density at radius 3 is 2.48 bits per heavy atom.